The zero-order chi connectivity index (χ0) is 20.8. The number of ether oxygens (including phenoxy) is 1. The fraction of sp³-hybridized carbons (Fsp3) is 0.600. The zero-order valence-electron chi connectivity index (χ0n) is 17.0. The maximum absolute atomic E-state index is 12.7. The number of esters is 1. The second-order valence-electron chi connectivity index (χ2n) is 7.45. The van der Waals surface area contributed by atoms with Crippen LogP contribution in [-0.2, 0) is 9.53 Å². The average molecular weight is 391 g/mol. The third-order valence-electron chi connectivity index (χ3n) is 5.06. The van der Waals surface area contributed by atoms with E-state index in [2.05, 4.69) is 13.8 Å². The molecule has 0 N–H and O–H groups in total. The molecular formula is C20H29N3O5. The first-order chi connectivity index (χ1) is 13.3. The van der Waals surface area contributed by atoms with E-state index in [1.54, 1.807) is 11.0 Å². The highest BCUT2D eigenvalue weighted by atomic mass is 16.6. The molecule has 1 heterocycles. The van der Waals surface area contributed by atoms with Crippen LogP contribution < -0.4 is 4.90 Å². The first-order valence-corrected chi connectivity index (χ1v) is 9.75. The van der Waals surface area contributed by atoms with E-state index in [9.17, 15) is 19.7 Å². The number of hydrogen-bond donors (Lipinski definition) is 0. The van der Waals surface area contributed by atoms with E-state index in [0.29, 0.717) is 43.7 Å². The fourth-order valence-electron chi connectivity index (χ4n) is 3.80. The van der Waals surface area contributed by atoms with Crippen LogP contribution in [0.5, 0.6) is 0 Å². The molecular weight excluding hydrogens is 362 g/mol. The van der Waals surface area contributed by atoms with Gasteiger partial charge in [0.25, 0.3) is 11.6 Å². The molecule has 154 valence electrons. The summed E-state index contributed by atoms with van der Waals surface area (Å²) in [7, 11) is 0. The van der Waals surface area contributed by atoms with Gasteiger partial charge in [-0.25, -0.2) is 4.79 Å². The van der Waals surface area contributed by atoms with E-state index < -0.39 is 10.9 Å². The Balaban J connectivity index is 2.14. The summed E-state index contributed by atoms with van der Waals surface area (Å²) in [4.78, 5) is 39.3. The number of non-ortho nitro benzene ring substituents is 1. The SMILES string of the molecule is CCN(CC)c1ccc([N+](=O)[O-])cc1C(=O)OCC(=O)N1CC(C)CC(C)C1. The zero-order valence-corrected chi connectivity index (χ0v) is 17.0. The highest BCUT2D eigenvalue weighted by Gasteiger charge is 2.27. The molecule has 1 amide bonds. The molecule has 2 atom stereocenters. The molecule has 2 rings (SSSR count). The predicted molar refractivity (Wildman–Crippen MR) is 106 cm³/mol. The number of piperidine rings is 1. The quantitative estimate of drug-likeness (QED) is 0.403. The van der Waals surface area contributed by atoms with Crippen LogP contribution in [0.3, 0.4) is 0 Å². The highest BCUT2D eigenvalue weighted by molar-refractivity contribution is 5.97. The number of carbonyl (C=O) groups excluding carboxylic acids is 2. The number of nitro groups is 1. The predicted octanol–water partition coefficient (Wildman–Crippen LogP) is 3.10. The van der Waals surface area contributed by atoms with Crippen molar-refractivity contribution >= 4 is 23.3 Å². The van der Waals surface area contributed by atoms with E-state index in [1.807, 2.05) is 18.7 Å². The minimum absolute atomic E-state index is 0.103. The summed E-state index contributed by atoms with van der Waals surface area (Å²) in [5.74, 6) is -0.137. The second kappa shape index (κ2) is 9.52. The van der Waals surface area contributed by atoms with Gasteiger partial charge in [-0.2, -0.15) is 0 Å². The van der Waals surface area contributed by atoms with E-state index in [1.165, 1.54) is 12.1 Å². The van der Waals surface area contributed by atoms with Crippen LogP contribution >= 0.6 is 0 Å². The van der Waals surface area contributed by atoms with Gasteiger partial charge < -0.3 is 14.5 Å². The third kappa shape index (κ3) is 5.21. The molecule has 0 spiro atoms. The molecule has 1 fully saturated rings. The standard InChI is InChI=1S/C20H29N3O5/c1-5-21(6-2)18-8-7-16(23(26)27)10-17(18)20(25)28-13-19(24)22-11-14(3)9-15(4)12-22/h7-8,10,14-15H,5-6,9,11-13H2,1-4H3. The van der Waals surface area contributed by atoms with Gasteiger partial charge in [0.1, 0.15) is 0 Å². The Morgan fingerprint density at radius 2 is 1.82 bits per heavy atom. The minimum Gasteiger partial charge on any atom is -0.452 e. The third-order valence-corrected chi connectivity index (χ3v) is 5.06. The normalized spacial score (nSPS) is 19.2. The van der Waals surface area contributed by atoms with E-state index >= 15 is 0 Å². The number of anilines is 1. The lowest BCUT2D eigenvalue weighted by atomic mass is 9.92. The Hall–Kier alpha value is -2.64. The van der Waals surface area contributed by atoms with Crippen LogP contribution in [0.15, 0.2) is 18.2 Å². The Morgan fingerprint density at radius 3 is 2.36 bits per heavy atom. The van der Waals surface area contributed by atoms with Crippen molar-refractivity contribution in [3.05, 3.63) is 33.9 Å². The van der Waals surface area contributed by atoms with Crippen molar-refractivity contribution in [1.82, 2.24) is 4.90 Å². The average Bonchev–Trinajstić information content (AvgIpc) is 2.66. The summed E-state index contributed by atoms with van der Waals surface area (Å²) in [5.41, 5.74) is 0.479. The van der Waals surface area contributed by atoms with Crippen LogP contribution in [0.2, 0.25) is 0 Å². The highest BCUT2D eigenvalue weighted by Crippen LogP contribution is 2.26. The van der Waals surface area contributed by atoms with Gasteiger partial charge in [-0.15, -0.1) is 0 Å². The molecule has 1 saturated heterocycles. The van der Waals surface area contributed by atoms with Crippen LogP contribution in [-0.4, -0.2) is 54.5 Å². The van der Waals surface area contributed by atoms with Crippen molar-refractivity contribution in [3.8, 4) is 0 Å². The van der Waals surface area contributed by atoms with Crippen molar-refractivity contribution in [2.45, 2.75) is 34.1 Å². The first kappa shape index (κ1) is 21.7. The maximum atomic E-state index is 12.7. The van der Waals surface area contributed by atoms with Gasteiger partial charge in [0, 0.05) is 38.3 Å². The minimum atomic E-state index is -0.725. The van der Waals surface area contributed by atoms with Gasteiger partial charge in [-0.3, -0.25) is 14.9 Å². The molecule has 0 aliphatic carbocycles. The number of nitro benzene ring substituents is 1. The Kier molecular flexibility index (Phi) is 7.37. The van der Waals surface area contributed by atoms with Gasteiger partial charge in [0.05, 0.1) is 16.2 Å². The van der Waals surface area contributed by atoms with E-state index in [-0.39, 0.29) is 23.8 Å². The number of benzene rings is 1. The lowest BCUT2D eigenvalue weighted by Crippen LogP contribution is -2.44. The maximum Gasteiger partial charge on any atom is 0.341 e. The smallest absolute Gasteiger partial charge is 0.341 e. The number of nitrogens with zero attached hydrogens (tertiary/aromatic N) is 3. The lowest BCUT2D eigenvalue weighted by molar-refractivity contribution is -0.384. The molecule has 28 heavy (non-hydrogen) atoms. The molecule has 1 aromatic carbocycles. The van der Waals surface area contributed by atoms with Crippen LogP contribution in [0, 0.1) is 22.0 Å². The molecule has 2 unspecified atom stereocenters. The summed E-state index contributed by atoms with van der Waals surface area (Å²) in [6.07, 6.45) is 1.07. The molecule has 0 radical (unpaired) electrons. The number of amides is 1. The van der Waals surface area contributed by atoms with Gasteiger partial charge >= 0.3 is 5.97 Å². The van der Waals surface area contributed by atoms with Crippen molar-refractivity contribution in [3.63, 3.8) is 0 Å². The van der Waals surface area contributed by atoms with Crippen LogP contribution in [0.4, 0.5) is 11.4 Å². The van der Waals surface area contributed by atoms with E-state index in [0.717, 1.165) is 6.42 Å². The monoisotopic (exact) mass is 391 g/mol. The number of likely N-dealkylation sites (tertiary alicyclic amines) is 1. The first-order valence-electron chi connectivity index (χ1n) is 9.75. The lowest BCUT2D eigenvalue weighted by Gasteiger charge is -2.34. The van der Waals surface area contributed by atoms with Crippen molar-refractivity contribution in [2.75, 3.05) is 37.7 Å². The van der Waals surface area contributed by atoms with Crippen LogP contribution in [0.1, 0.15) is 44.5 Å². The summed E-state index contributed by atoms with van der Waals surface area (Å²) in [5, 5.41) is 11.1. The largest absolute Gasteiger partial charge is 0.452 e. The summed E-state index contributed by atoms with van der Waals surface area (Å²) >= 11 is 0. The number of rotatable bonds is 7. The molecule has 1 aliphatic rings. The number of hydrogen-bond acceptors (Lipinski definition) is 6. The molecule has 0 aromatic heterocycles. The summed E-state index contributed by atoms with van der Waals surface area (Å²) in [6, 6.07) is 4.13. The van der Waals surface area contributed by atoms with Gasteiger partial charge in [-0.1, -0.05) is 13.8 Å². The topological polar surface area (TPSA) is 93.0 Å². The van der Waals surface area contributed by atoms with Gasteiger partial charge in [0.2, 0.25) is 0 Å². The Morgan fingerprint density at radius 1 is 1.21 bits per heavy atom. The molecule has 8 heteroatoms. The van der Waals surface area contributed by atoms with Crippen molar-refractivity contribution in [1.29, 1.82) is 0 Å². The van der Waals surface area contributed by atoms with E-state index in [4.69, 9.17) is 4.74 Å². The van der Waals surface area contributed by atoms with Crippen molar-refractivity contribution < 1.29 is 19.2 Å². The molecule has 0 saturated carbocycles. The van der Waals surface area contributed by atoms with Crippen molar-refractivity contribution in [2.24, 2.45) is 11.8 Å². The summed E-state index contributed by atoms with van der Waals surface area (Å²) in [6.45, 7) is 10.3. The molecule has 8 nitrogen and oxygen atoms in total. The Labute approximate surface area is 165 Å². The van der Waals surface area contributed by atoms with Gasteiger partial charge in [-0.05, 0) is 38.2 Å². The molecule has 0 bridgehead atoms. The summed E-state index contributed by atoms with van der Waals surface area (Å²) < 4.78 is 5.25. The van der Waals surface area contributed by atoms with Crippen LogP contribution in [0.25, 0.3) is 0 Å². The molecule has 1 aromatic rings. The second-order valence-corrected chi connectivity index (χ2v) is 7.45. The Bertz CT molecular complexity index is 723. The van der Waals surface area contributed by atoms with Gasteiger partial charge in [0.15, 0.2) is 6.61 Å². The fourth-order valence-corrected chi connectivity index (χ4v) is 3.80. The molecule has 1 aliphatic heterocycles. The number of carbonyl (C=O) groups is 2.